The number of carbonyl (C=O) groups is 1. The summed E-state index contributed by atoms with van der Waals surface area (Å²) in [5, 5.41) is 2.62. The van der Waals surface area contributed by atoms with E-state index in [0.29, 0.717) is 18.7 Å². The molecule has 1 aliphatic rings. The lowest BCUT2D eigenvalue weighted by Gasteiger charge is -2.13. The molecule has 12 heteroatoms. The number of aryl methyl sites for hydroxylation is 1. The zero-order valence-electron chi connectivity index (χ0n) is 16.1. The number of ether oxygens (including phenoxy) is 1. The van der Waals surface area contributed by atoms with Gasteiger partial charge in [0.15, 0.2) is 6.61 Å². The van der Waals surface area contributed by atoms with Gasteiger partial charge < -0.3 is 14.6 Å². The fraction of sp³-hybridized carbons (Fsp3) is 0.444. The van der Waals surface area contributed by atoms with E-state index >= 15 is 0 Å². The molecule has 3 rings (SSSR count). The monoisotopic (exact) mass is 446 g/mol. The lowest BCUT2D eigenvalue weighted by Crippen LogP contribution is -2.27. The van der Waals surface area contributed by atoms with Gasteiger partial charge in [0.1, 0.15) is 10.6 Å². The Morgan fingerprint density at radius 3 is 2.63 bits per heavy atom. The molecule has 164 valence electrons. The standard InChI is InChI=1S/C18H21F3N4O4S/c1-24-11-14(30(27,28)25-6-2-3-7-25)9-15(24)17(26)23-10-13-4-5-22-16(8-13)29-12-18(19,20)21/h4-5,8-9,11H,2-3,6-7,10,12H2,1H3,(H,23,26). The number of sulfonamides is 1. The molecule has 1 N–H and O–H groups in total. The molecule has 0 unspecified atom stereocenters. The summed E-state index contributed by atoms with van der Waals surface area (Å²) in [6.45, 7) is -0.546. The minimum Gasteiger partial charge on any atom is -0.468 e. The quantitative estimate of drug-likeness (QED) is 0.703. The van der Waals surface area contributed by atoms with Gasteiger partial charge in [-0.25, -0.2) is 13.4 Å². The average Bonchev–Trinajstić information content (AvgIpc) is 3.35. The number of pyridine rings is 1. The van der Waals surface area contributed by atoms with E-state index in [4.69, 9.17) is 0 Å². The Balaban J connectivity index is 1.65. The van der Waals surface area contributed by atoms with Crippen molar-refractivity contribution in [1.29, 1.82) is 0 Å². The van der Waals surface area contributed by atoms with Gasteiger partial charge in [-0.1, -0.05) is 0 Å². The molecule has 0 spiro atoms. The molecule has 2 aromatic heterocycles. The van der Waals surface area contributed by atoms with E-state index in [9.17, 15) is 26.4 Å². The van der Waals surface area contributed by atoms with Crippen molar-refractivity contribution in [1.82, 2.24) is 19.2 Å². The van der Waals surface area contributed by atoms with E-state index in [0.717, 1.165) is 12.8 Å². The number of halogens is 3. The third kappa shape index (κ3) is 5.30. The summed E-state index contributed by atoms with van der Waals surface area (Å²) in [5.74, 6) is -0.730. The molecule has 2 aromatic rings. The van der Waals surface area contributed by atoms with Crippen LogP contribution in [0.3, 0.4) is 0 Å². The molecule has 1 amide bonds. The van der Waals surface area contributed by atoms with E-state index in [1.165, 1.54) is 39.5 Å². The highest BCUT2D eigenvalue weighted by atomic mass is 32.2. The van der Waals surface area contributed by atoms with Gasteiger partial charge in [0.2, 0.25) is 15.9 Å². The van der Waals surface area contributed by atoms with Crippen LogP contribution in [0.5, 0.6) is 5.88 Å². The number of aromatic nitrogens is 2. The smallest absolute Gasteiger partial charge is 0.422 e. The number of carbonyl (C=O) groups excluding carboxylic acids is 1. The van der Waals surface area contributed by atoms with Gasteiger partial charge >= 0.3 is 6.18 Å². The summed E-state index contributed by atoms with van der Waals surface area (Å²) in [6, 6.07) is 4.13. The van der Waals surface area contributed by atoms with Crippen LogP contribution in [-0.4, -0.2) is 54.1 Å². The van der Waals surface area contributed by atoms with Crippen LogP contribution in [0.25, 0.3) is 0 Å². The van der Waals surface area contributed by atoms with Crippen molar-refractivity contribution in [3.8, 4) is 5.88 Å². The SMILES string of the molecule is Cn1cc(S(=O)(=O)N2CCCC2)cc1C(=O)NCc1ccnc(OCC(F)(F)F)c1. The number of nitrogens with one attached hydrogen (secondary N) is 1. The van der Waals surface area contributed by atoms with Crippen molar-refractivity contribution >= 4 is 15.9 Å². The molecule has 0 bridgehead atoms. The molecule has 8 nitrogen and oxygen atoms in total. The Morgan fingerprint density at radius 1 is 1.27 bits per heavy atom. The van der Waals surface area contributed by atoms with E-state index < -0.39 is 28.7 Å². The summed E-state index contributed by atoms with van der Waals surface area (Å²) >= 11 is 0. The van der Waals surface area contributed by atoms with Crippen molar-refractivity contribution in [2.45, 2.75) is 30.5 Å². The number of nitrogens with zero attached hydrogens (tertiary/aromatic N) is 3. The van der Waals surface area contributed by atoms with Crippen LogP contribution in [0.15, 0.2) is 35.5 Å². The summed E-state index contributed by atoms with van der Waals surface area (Å²) in [4.78, 5) is 16.3. The van der Waals surface area contributed by atoms with E-state index in [1.807, 2.05) is 0 Å². The van der Waals surface area contributed by atoms with Crippen LogP contribution in [-0.2, 0) is 23.6 Å². The lowest BCUT2D eigenvalue weighted by atomic mass is 10.2. The first-order valence-electron chi connectivity index (χ1n) is 9.15. The van der Waals surface area contributed by atoms with Crippen LogP contribution in [0, 0.1) is 0 Å². The first-order chi connectivity index (χ1) is 14.1. The van der Waals surface area contributed by atoms with Gasteiger partial charge in [-0.2, -0.15) is 17.5 Å². The normalized spacial score (nSPS) is 15.3. The van der Waals surface area contributed by atoms with Gasteiger partial charge in [-0.05, 0) is 30.5 Å². The molecular weight excluding hydrogens is 425 g/mol. The summed E-state index contributed by atoms with van der Waals surface area (Å²) < 4.78 is 69.4. The van der Waals surface area contributed by atoms with Crippen molar-refractivity contribution in [2.24, 2.45) is 7.05 Å². The predicted molar refractivity (Wildman–Crippen MR) is 100 cm³/mol. The second kappa shape index (κ2) is 8.64. The Kier molecular flexibility index (Phi) is 6.36. The second-order valence-corrected chi connectivity index (χ2v) is 8.81. The third-order valence-electron chi connectivity index (χ3n) is 4.55. The zero-order valence-corrected chi connectivity index (χ0v) is 17.0. The molecule has 1 saturated heterocycles. The van der Waals surface area contributed by atoms with Gasteiger partial charge in [0, 0.05) is 45.1 Å². The highest BCUT2D eigenvalue weighted by molar-refractivity contribution is 7.89. The third-order valence-corrected chi connectivity index (χ3v) is 6.42. The fourth-order valence-corrected chi connectivity index (χ4v) is 4.64. The highest BCUT2D eigenvalue weighted by Gasteiger charge is 2.30. The topological polar surface area (TPSA) is 93.5 Å². The largest absolute Gasteiger partial charge is 0.468 e. The van der Waals surface area contributed by atoms with Crippen molar-refractivity contribution < 1.29 is 31.1 Å². The maximum absolute atomic E-state index is 12.7. The number of amides is 1. The maximum Gasteiger partial charge on any atom is 0.422 e. The van der Waals surface area contributed by atoms with Crippen LogP contribution in [0.2, 0.25) is 0 Å². The molecule has 30 heavy (non-hydrogen) atoms. The average molecular weight is 446 g/mol. The molecule has 0 saturated carbocycles. The molecule has 3 heterocycles. The Hall–Kier alpha value is -2.60. The minimum atomic E-state index is -4.48. The maximum atomic E-state index is 12.7. The number of hydrogen-bond acceptors (Lipinski definition) is 5. The van der Waals surface area contributed by atoms with E-state index in [1.54, 1.807) is 7.05 Å². The molecule has 0 aromatic carbocycles. The van der Waals surface area contributed by atoms with Crippen molar-refractivity contribution in [3.63, 3.8) is 0 Å². The Bertz CT molecular complexity index is 1010. The van der Waals surface area contributed by atoms with Crippen LogP contribution in [0.1, 0.15) is 28.9 Å². The van der Waals surface area contributed by atoms with E-state index in [2.05, 4.69) is 15.0 Å². The van der Waals surface area contributed by atoms with Crippen LogP contribution < -0.4 is 10.1 Å². The number of alkyl halides is 3. The molecule has 0 atom stereocenters. The molecule has 1 fully saturated rings. The van der Waals surface area contributed by atoms with E-state index in [-0.39, 0.29) is 23.0 Å². The lowest BCUT2D eigenvalue weighted by molar-refractivity contribution is -0.154. The first kappa shape index (κ1) is 22.1. The van der Waals surface area contributed by atoms with Gasteiger partial charge in [-0.3, -0.25) is 4.79 Å². The number of hydrogen-bond donors (Lipinski definition) is 1. The molecule has 1 aliphatic heterocycles. The van der Waals surface area contributed by atoms with Crippen molar-refractivity contribution in [2.75, 3.05) is 19.7 Å². The fourth-order valence-electron chi connectivity index (χ4n) is 3.05. The van der Waals surface area contributed by atoms with Crippen molar-refractivity contribution in [3.05, 3.63) is 41.9 Å². The van der Waals surface area contributed by atoms with Crippen LogP contribution in [0.4, 0.5) is 13.2 Å². The van der Waals surface area contributed by atoms with Gasteiger partial charge in [-0.15, -0.1) is 0 Å². The Labute approximate surface area is 171 Å². The minimum absolute atomic E-state index is 0.00309. The molecular formula is C18H21F3N4O4S. The van der Waals surface area contributed by atoms with Crippen LogP contribution >= 0.6 is 0 Å². The highest BCUT2D eigenvalue weighted by Crippen LogP contribution is 2.23. The van der Waals surface area contributed by atoms with Gasteiger partial charge in [0.25, 0.3) is 5.91 Å². The molecule has 0 aliphatic carbocycles. The second-order valence-electron chi connectivity index (χ2n) is 6.87. The molecule has 0 radical (unpaired) electrons. The first-order valence-corrected chi connectivity index (χ1v) is 10.6. The van der Waals surface area contributed by atoms with Gasteiger partial charge in [0.05, 0.1) is 0 Å². The summed E-state index contributed by atoms with van der Waals surface area (Å²) in [5.41, 5.74) is 0.630. The number of rotatable bonds is 7. The summed E-state index contributed by atoms with van der Waals surface area (Å²) in [6.07, 6.45) is -0.208. The Morgan fingerprint density at radius 2 is 1.97 bits per heavy atom. The zero-order chi connectivity index (χ0) is 21.9. The predicted octanol–water partition coefficient (Wildman–Crippen LogP) is 2.08. The summed E-state index contributed by atoms with van der Waals surface area (Å²) in [7, 11) is -2.09.